The molecule has 2 rings (SSSR count). The number of hydrogen-bond acceptors (Lipinski definition) is 3. The number of ether oxygens (including phenoxy) is 3. The molecule has 0 spiro atoms. The van der Waals surface area contributed by atoms with Crippen LogP contribution in [0.1, 0.15) is 18.9 Å². The van der Waals surface area contributed by atoms with Gasteiger partial charge < -0.3 is 19.1 Å². The highest BCUT2D eigenvalue weighted by Gasteiger charge is 2.14. The number of hydrogen-bond donors (Lipinski definition) is 1. The van der Waals surface area contributed by atoms with Crippen molar-refractivity contribution in [2.45, 2.75) is 19.8 Å². The number of aryl methyl sites for hydroxylation is 1. The Morgan fingerprint density at radius 3 is 2.70 bits per heavy atom. The van der Waals surface area contributed by atoms with Crippen molar-refractivity contribution in [2.24, 2.45) is 0 Å². The van der Waals surface area contributed by atoms with Crippen LogP contribution in [-0.4, -0.2) is 46.6 Å². The SMILES string of the molecule is CCCc1ccc(OCC[NH+]2CCOCC2)c(OC)c1. The zero-order valence-corrected chi connectivity index (χ0v) is 12.6. The molecule has 0 aliphatic carbocycles. The number of benzene rings is 1. The molecule has 0 unspecified atom stereocenters. The van der Waals surface area contributed by atoms with E-state index >= 15 is 0 Å². The lowest BCUT2D eigenvalue weighted by atomic mass is 10.1. The Morgan fingerprint density at radius 2 is 2.00 bits per heavy atom. The Morgan fingerprint density at radius 1 is 1.20 bits per heavy atom. The quantitative estimate of drug-likeness (QED) is 0.807. The fraction of sp³-hybridized carbons (Fsp3) is 0.625. The Kier molecular flexibility index (Phi) is 6.15. The van der Waals surface area contributed by atoms with Crippen LogP contribution in [0.3, 0.4) is 0 Å². The number of nitrogens with one attached hydrogen (secondary N) is 1. The third-order valence-electron chi connectivity index (χ3n) is 3.68. The Hall–Kier alpha value is -1.26. The minimum atomic E-state index is 0.721. The average Bonchev–Trinajstić information content (AvgIpc) is 2.50. The summed E-state index contributed by atoms with van der Waals surface area (Å²) in [7, 11) is 1.70. The van der Waals surface area contributed by atoms with Crippen molar-refractivity contribution in [1.82, 2.24) is 0 Å². The van der Waals surface area contributed by atoms with E-state index in [0.717, 1.165) is 63.8 Å². The van der Waals surface area contributed by atoms with Gasteiger partial charge in [0.15, 0.2) is 11.5 Å². The molecule has 1 N–H and O–H groups in total. The van der Waals surface area contributed by atoms with Gasteiger partial charge in [-0.3, -0.25) is 0 Å². The number of morpholine rings is 1. The Labute approximate surface area is 121 Å². The molecule has 1 aromatic carbocycles. The van der Waals surface area contributed by atoms with E-state index in [1.165, 1.54) is 5.56 Å². The molecular formula is C16H26NO3+. The second kappa shape index (κ2) is 8.12. The van der Waals surface area contributed by atoms with Crippen LogP contribution in [0.2, 0.25) is 0 Å². The highest BCUT2D eigenvalue weighted by molar-refractivity contribution is 5.43. The summed E-state index contributed by atoms with van der Waals surface area (Å²) in [5, 5.41) is 0. The first kappa shape index (κ1) is 15.1. The van der Waals surface area contributed by atoms with Crippen molar-refractivity contribution in [1.29, 1.82) is 0 Å². The zero-order valence-electron chi connectivity index (χ0n) is 12.6. The first-order chi connectivity index (χ1) is 9.83. The molecule has 0 atom stereocenters. The van der Waals surface area contributed by atoms with Gasteiger partial charge in [-0.25, -0.2) is 0 Å². The van der Waals surface area contributed by atoms with Gasteiger partial charge in [0.25, 0.3) is 0 Å². The molecule has 0 saturated carbocycles. The molecule has 1 heterocycles. The maximum absolute atomic E-state index is 5.88. The van der Waals surface area contributed by atoms with Crippen molar-refractivity contribution in [2.75, 3.05) is 46.6 Å². The van der Waals surface area contributed by atoms with Crippen LogP contribution in [-0.2, 0) is 11.2 Å². The molecule has 1 aliphatic heterocycles. The van der Waals surface area contributed by atoms with Crippen LogP contribution in [0, 0.1) is 0 Å². The number of quaternary nitrogens is 1. The molecule has 4 heteroatoms. The van der Waals surface area contributed by atoms with E-state index in [2.05, 4.69) is 19.1 Å². The van der Waals surface area contributed by atoms with Gasteiger partial charge in [-0.2, -0.15) is 0 Å². The lowest BCUT2D eigenvalue weighted by Gasteiger charge is -2.23. The monoisotopic (exact) mass is 280 g/mol. The second-order valence-corrected chi connectivity index (χ2v) is 5.20. The van der Waals surface area contributed by atoms with Crippen LogP contribution in [0.4, 0.5) is 0 Å². The fourth-order valence-electron chi connectivity index (χ4n) is 2.49. The van der Waals surface area contributed by atoms with Crippen molar-refractivity contribution >= 4 is 0 Å². The summed E-state index contributed by atoms with van der Waals surface area (Å²) >= 11 is 0. The van der Waals surface area contributed by atoms with Crippen LogP contribution >= 0.6 is 0 Å². The first-order valence-corrected chi connectivity index (χ1v) is 7.54. The predicted octanol–water partition coefficient (Wildman–Crippen LogP) is 0.942. The van der Waals surface area contributed by atoms with E-state index in [0.29, 0.717) is 0 Å². The Bertz CT molecular complexity index is 403. The summed E-state index contributed by atoms with van der Waals surface area (Å²) in [6, 6.07) is 6.24. The van der Waals surface area contributed by atoms with Crippen molar-refractivity contribution in [3.63, 3.8) is 0 Å². The van der Waals surface area contributed by atoms with Gasteiger partial charge in [0, 0.05) is 0 Å². The van der Waals surface area contributed by atoms with E-state index in [1.807, 2.05) is 6.07 Å². The average molecular weight is 280 g/mol. The Balaban J connectivity index is 1.84. The lowest BCUT2D eigenvalue weighted by molar-refractivity contribution is -0.908. The molecule has 1 saturated heterocycles. The van der Waals surface area contributed by atoms with E-state index in [4.69, 9.17) is 14.2 Å². The molecule has 1 aliphatic rings. The summed E-state index contributed by atoms with van der Waals surface area (Å²) in [4.78, 5) is 1.55. The maximum Gasteiger partial charge on any atom is 0.161 e. The minimum Gasteiger partial charge on any atom is -0.493 e. The fourth-order valence-corrected chi connectivity index (χ4v) is 2.49. The molecule has 0 radical (unpaired) electrons. The molecule has 4 nitrogen and oxygen atoms in total. The summed E-state index contributed by atoms with van der Waals surface area (Å²) in [6.07, 6.45) is 2.22. The van der Waals surface area contributed by atoms with E-state index in [-0.39, 0.29) is 0 Å². The van der Waals surface area contributed by atoms with E-state index in [1.54, 1.807) is 12.0 Å². The molecule has 1 aromatic rings. The third kappa shape index (κ3) is 4.39. The van der Waals surface area contributed by atoms with Crippen molar-refractivity contribution in [3.8, 4) is 11.5 Å². The van der Waals surface area contributed by atoms with Crippen LogP contribution in [0.25, 0.3) is 0 Å². The molecule has 20 heavy (non-hydrogen) atoms. The highest BCUT2D eigenvalue weighted by Crippen LogP contribution is 2.28. The molecule has 112 valence electrons. The number of methoxy groups -OCH3 is 1. The largest absolute Gasteiger partial charge is 0.493 e. The van der Waals surface area contributed by atoms with Gasteiger partial charge >= 0.3 is 0 Å². The topological polar surface area (TPSA) is 32.1 Å². The summed E-state index contributed by atoms with van der Waals surface area (Å²) in [5.41, 5.74) is 1.30. The molecule has 0 amide bonds. The van der Waals surface area contributed by atoms with E-state index in [9.17, 15) is 0 Å². The summed E-state index contributed by atoms with van der Waals surface area (Å²) in [5.74, 6) is 1.69. The lowest BCUT2D eigenvalue weighted by Crippen LogP contribution is -3.14. The van der Waals surface area contributed by atoms with E-state index < -0.39 is 0 Å². The smallest absolute Gasteiger partial charge is 0.161 e. The summed E-state index contributed by atoms with van der Waals surface area (Å²) < 4.78 is 16.7. The second-order valence-electron chi connectivity index (χ2n) is 5.20. The zero-order chi connectivity index (χ0) is 14.2. The van der Waals surface area contributed by atoms with Crippen molar-refractivity contribution in [3.05, 3.63) is 23.8 Å². The predicted molar refractivity (Wildman–Crippen MR) is 78.9 cm³/mol. The van der Waals surface area contributed by atoms with Crippen LogP contribution in [0.5, 0.6) is 11.5 Å². The highest BCUT2D eigenvalue weighted by atomic mass is 16.5. The standard InChI is InChI=1S/C16H25NO3/c1-3-4-14-5-6-15(16(13-14)18-2)20-12-9-17-7-10-19-11-8-17/h5-6,13H,3-4,7-12H2,1-2H3/p+1. The van der Waals surface area contributed by atoms with Gasteiger partial charge in [-0.15, -0.1) is 0 Å². The minimum absolute atomic E-state index is 0.721. The van der Waals surface area contributed by atoms with Gasteiger partial charge in [0.1, 0.15) is 26.2 Å². The first-order valence-electron chi connectivity index (χ1n) is 7.54. The van der Waals surface area contributed by atoms with Gasteiger partial charge in [-0.05, 0) is 24.1 Å². The molecular weight excluding hydrogens is 254 g/mol. The summed E-state index contributed by atoms with van der Waals surface area (Å²) in [6.45, 7) is 7.81. The maximum atomic E-state index is 5.88. The third-order valence-corrected chi connectivity index (χ3v) is 3.68. The van der Waals surface area contributed by atoms with Crippen LogP contribution in [0.15, 0.2) is 18.2 Å². The molecule has 0 bridgehead atoms. The molecule has 1 fully saturated rings. The van der Waals surface area contributed by atoms with Gasteiger partial charge in [0.2, 0.25) is 0 Å². The van der Waals surface area contributed by atoms with Crippen molar-refractivity contribution < 1.29 is 19.1 Å². The van der Waals surface area contributed by atoms with Gasteiger partial charge in [0.05, 0.1) is 20.3 Å². The van der Waals surface area contributed by atoms with Crippen LogP contribution < -0.4 is 14.4 Å². The van der Waals surface area contributed by atoms with Gasteiger partial charge in [-0.1, -0.05) is 19.4 Å². The molecule has 0 aromatic heterocycles. The number of rotatable bonds is 7. The normalized spacial score (nSPS) is 16.1.